The average molecular weight is 193 g/mol. The molecule has 0 saturated heterocycles. The number of para-hydroxylation sites is 2. The standard InChI is InChI=1S/C10H11NO3/c1-2-10(13)11-8-5-3-4-6-9(8)14-7-12/h3-7H,2H2,1H3,(H,11,13). The second kappa shape index (κ2) is 5.01. The van der Waals surface area contributed by atoms with Gasteiger partial charge in [0.1, 0.15) is 0 Å². The van der Waals surface area contributed by atoms with Gasteiger partial charge in [0.25, 0.3) is 6.47 Å². The Hall–Kier alpha value is -1.84. The lowest BCUT2D eigenvalue weighted by molar-refractivity contribution is -0.121. The molecule has 1 amide bonds. The maximum Gasteiger partial charge on any atom is 0.298 e. The van der Waals surface area contributed by atoms with Crippen molar-refractivity contribution in [3.05, 3.63) is 24.3 Å². The Labute approximate surface area is 81.9 Å². The van der Waals surface area contributed by atoms with Crippen molar-refractivity contribution >= 4 is 18.1 Å². The summed E-state index contributed by atoms with van der Waals surface area (Å²) in [5.41, 5.74) is 0.506. The third-order valence-corrected chi connectivity index (χ3v) is 1.66. The molecule has 74 valence electrons. The summed E-state index contributed by atoms with van der Waals surface area (Å²) >= 11 is 0. The van der Waals surface area contributed by atoms with Crippen LogP contribution in [-0.4, -0.2) is 12.4 Å². The Balaban J connectivity index is 2.83. The first-order valence-corrected chi connectivity index (χ1v) is 4.27. The first-order valence-electron chi connectivity index (χ1n) is 4.27. The van der Waals surface area contributed by atoms with E-state index in [9.17, 15) is 9.59 Å². The molecule has 0 bridgehead atoms. The fourth-order valence-corrected chi connectivity index (χ4v) is 0.963. The van der Waals surface area contributed by atoms with Crippen molar-refractivity contribution in [2.24, 2.45) is 0 Å². The number of nitrogens with one attached hydrogen (secondary N) is 1. The van der Waals surface area contributed by atoms with Crippen molar-refractivity contribution in [2.75, 3.05) is 5.32 Å². The van der Waals surface area contributed by atoms with E-state index in [2.05, 4.69) is 10.1 Å². The topological polar surface area (TPSA) is 55.4 Å². The molecule has 1 rings (SSSR count). The third-order valence-electron chi connectivity index (χ3n) is 1.66. The zero-order valence-electron chi connectivity index (χ0n) is 7.82. The van der Waals surface area contributed by atoms with Gasteiger partial charge in [0, 0.05) is 6.42 Å². The zero-order chi connectivity index (χ0) is 10.4. The van der Waals surface area contributed by atoms with Gasteiger partial charge < -0.3 is 10.1 Å². The van der Waals surface area contributed by atoms with Crippen LogP contribution in [0.2, 0.25) is 0 Å². The summed E-state index contributed by atoms with van der Waals surface area (Å²) in [4.78, 5) is 21.2. The molecule has 0 fully saturated rings. The van der Waals surface area contributed by atoms with Crippen LogP contribution < -0.4 is 10.1 Å². The van der Waals surface area contributed by atoms with E-state index in [-0.39, 0.29) is 5.91 Å². The molecule has 1 aromatic carbocycles. The van der Waals surface area contributed by atoms with Crippen LogP contribution in [0.1, 0.15) is 13.3 Å². The van der Waals surface area contributed by atoms with Crippen LogP contribution >= 0.6 is 0 Å². The quantitative estimate of drug-likeness (QED) is 0.738. The van der Waals surface area contributed by atoms with Crippen molar-refractivity contribution in [2.45, 2.75) is 13.3 Å². The van der Waals surface area contributed by atoms with Crippen molar-refractivity contribution in [3.8, 4) is 5.75 Å². The minimum Gasteiger partial charge on any atom is -0.427 e. The summed E-state index contributed by atoms with van der Waals surface area (Å²) in [5, 5.41) is 2.62. The molecule has 0 aliphatic carbocycles. The van der Waals surface area contributed by atoms with Crippen molar-refractivity contribution < 1.29 is 14.3 Å². The highest BCUT2D eigenvalue weighted by molar-refractivity contribution is 5.92. The molecular weight excluding hydrogens is 182 g/mol. The number of amides is 1. The van der Waals surface area contributed by atoms with Crippen LogP contribution in [0.5, 0.6) is 5.75 Å². The van der Waals surface area contributed by atoms with Crippen molar-refractivity contribution in [1.29, 1.82) is 0 Å². The lowest BCUT2D eigenvalue weighted by Gasteiger charge is -2.07. The van der Waals surface area contributed by atoms with Gasteiger partial charge in [-0.05, 0) is 12.1 Å². The van der Waals surface area contributed by atoms with Crippen LogP contribution in [0.4, 0.5) is 5.69 Å². The minimum atomic E-state index is -0.119. The van der Waals surface area contributed by atoms with Gasteiger partial charge in [0.15, 0.2) is 5.75 Å². The van der Waals surface area contributed by atoms with Gasteiger partial charge in [-0.25, -0.2) is 0 Å². The van der Waals surface area contributed by atoms with Crippen molar-refractivity contribution in [1.82, 2.24) is 0 Å². The summed E-state index contributed by atoms with van der Waals surface area (Å²) in [6.45, 7) is 2.08. The van der Waals surface area contributed by atoms with Crippen LogP contribution in [0.25, 0.3) is 0 Å². The number of hydrogen-bond acceptors (Lipinski definition) is 3. The molecule has 0 unspecified atom stereocenters. The molecule has 0 atom stereocenters. The van der Waals surface area contributed by atoms with E-state index in [0.717, 1.165) is 0 Å². The number of ether oxygens (including phenoxy) is 1. The van der Waals surface area contributed by atoms with Gasteiger partial charge in [0.05, 0.1) is 5.69 Å². The molecule has 4 nitrogen and oxygen atoms in total. The average Bonchev–Trinajstić information content (AvgIpc) is 2.21. The Morgan fingerprint density at radius 2 is 2.21 bits per heavy atom. The fraction of sp³-hybridized carbons (Fsp3) is 0.200. The number of rotatable bonds is 4. The highest BCUT2D eigenvalue weighted by Gasteiger charge is 2.04. The summed E-state index contributed by atoms with van der Waals surface area (Å²) in [6, 6.07) is 6.76. The summed E-state index contributed by atoms with van der Waals surface area (Å²) in [5.74, 6) is 0.233. The molecule has 0 aliphatic heterocycles. The maximum atomic E-state index is 11.1. The molecule has 0 saturated carbocycles. The van der Waals surface area contributed by atoms with Gasteiger partial charge in [0.2, 0.25) is 5.91 Å². The number of benzene rings is 1. The highest BCUT2D eigenvalue weighted by atomic mass is 16.5. The van der Waals surface area contributed by atoms with Crippen LogP contribution in [0.3, 0.4) is 0 Å². The third kappa shape index (κ3) is 2.58. The second-order valence-electron chi connectivity index (χ2n) is 2.61. The predicted molar refractivity (Wildman–Crippen MR) is 52.1 cm³/mol. The maximum absolute atomic E-state index is 11.1. The SMILES string of the molecule is CCC(=O)Nc1ccccc1OC=O. The number of hydrogen-bond donors (Lipinski definition) is 1. The van der Waals surface area contributed by atoms with Gasteiger partial charge >= 0.3 is 0 Å². The van der Waals surface area contributed by atoms with E-state index in [1.807, 2.05) is 0 Å². The second-order valence-corrected chi connectivity index (χ2v) is 2.61. The molecule has 0 radical (unpaired) electrons. The smallest absolute Gasteiger partial charge is 0.298 e. The normalized spacial score (nSPS) is 9.21. The summed E-state index contributed by atoms with van der Waals surface area (Å²) in [6.07, 6.45) is 0.384. The largest absolute Gasteiger partial charge is 0.427 e. The first kappa shape index (κ1) is 10.2. The van der Waals surface area contributed by atoms with Crippen LogP contribution in [0.15, 0.2) is 24.3 Å². The molecule has 0 aliphatic rings. The van der Waals surface area contributed by atoms with Crippen molar-refractivity contribution in [3.63, 3.8) is 0 Å². The zero-order valence-corrected chi connectivity index (χ0v) is 7.82. The van der Waals surface area contributed by atoms with E-state index in [1.165, 1.54) is 0 Å². The van der Waals surface area contributed by atoms with Gasteiger partial charge in [-0.1, -0.05) is 19.1 Å². The predicted octanol–water partition coefficient (Wildman–Crippen LogP) is 1.57. The molecule has 0 aromatic heterocycles. The van der Waals surface area contributed by atoms with E-state index >= 15 is 0 Å². The Morgan fingerprint density at radius 3 is 2.86 bits per heavy atom. The molecule has 0 spiro atoms. The number of anilines is 1. The minimum absolute atomic E-state index is 0.119. The molecule has 0 heterocycles. The van der Waals surface area contributed by atoms with Gasteiger partial charge in [-0.3, -0.25) is 9.59 Å². The Bertz CT molecular complexity index is 336. The van der Waals surface area contributed by atoms with E-state index in [4.69, 9.17) is 0 Å². The molecule has 1 aromatic rings. The van der Waals surface area contributed by atoms with Gasteiger partial charge in [-0.2, -0.15) is 0 Å². The highest BCUT2D eigenvalue weighted by Crippen LogP contribution is 2.22. The summed E-state index contributed by atoms with van der Waals surface area (Å²) < 4.78 is 4.69. The Morgan fingerprint density at radius 1 is 1.50 bits per heavy atom. The number of carbonyl (C=O) groups excluding carboxylic acids is 2. The van der Waals surface area contributed by atoms with Gasteiger partial charge in [-0.15, -0.1) is 0 Å². The molecule has 4 heteroatoms. The monoisotopic (exact) mass is 193 g/mol. The molecule has 1 N–H and O–H groups in total. The fourth-order valence-electron chi connectivity index (χ4n) is 0.963. The van der Waals surface area contributed by atoms with E-state index in [0.29, 0.717) is 24.3 Å². The first-order chi connectivity index (χ1) is 6.77. The molecule has 14 heavy (non-hydrogen) atoms. The van der Waals surface area contributed by atoms with E-state index in [1.54, 1.807) is 31.2 Å². The molecular formula is C10H11NO3. The summed E-state index contributed by atoms with van der Waals surface area (Å²) in [7, 11) is 0. The van der Waals surface area contributed by atoms with Crippen LogP contribution in [-0.2, 0) is 9.59 Å². The number of carbonyl (C=O) groups is 2. The van der Waals surface area contributed by atoms with E-state index < -0.39 is 0 Å². The van der Waals surface area contributed by atoms with Crippen LogP contribution in [0, 0.1) is 0 Å². The lowest BCUT2D eigenvalue weighted by Crippen LogP contribution is -2.10. The lowest BCUT2D eigenvalue weighted by atomic mass is 10.3. The Kier molecular flexibility index (Phi) is 3.67.